The van der Waals surface area contributed by atoms with E-state index in [1.165, 1.54) is 0 Å². The molecule has 10 nitrogen and oxygen atoms in total. The van der Waals surface area contributed by atoms with Gasteiger partial charge in [-0.1, -0.05) is 18.2 Å². The van der Waals surface area contributed by atoms with Crippen molar-refractivity contribution in [1.82, 2.24) is 19.9 Å². The minimum Gasteiger partial charge on any atom is -0.403 e. The van der Waals surface area contributed by atoms with Crippen LogP contribution in [0.15, 0.2) is 85.4 Å². The highest BCUT2D eigenvalue weighted by molar-refractivity contribution is 6.62. The van der Waals surface area contributed by atoms with Gasteiger partial charge in [-0.25, -0.2) is 19.6 Å². The second kappa shape index (κ2) is 12.2. The third kappa shape index (κ3) is 6.10. The van der Waals surface area contributed by atoms with E-state index in [2.05, 4.69) is 38.1 Å². The van der Waals surface area contributed by atoms with Crippen LogP contribution in [0.25, 0.3) is 44.0 Å². The number of hydrogen-bond acceptors (Lipinski definition) is 10. The summed E-state index contributed by atoms with van der Waals surface area (Å²) in [7, 11) is -0.524. The van der Waals surface area contributed by atoms with Crippen molar-refractivity contribution >= 4 is 56.6 Å². The van der Waals surface area contributed by atoms with Gasteiger partial charge in [0.2, 0.25) is 11.4 Å². The first-order valence-electron chi connectivity index (χ1n) is 17.2. The van der Waals surface area contributed by atoms with Crippen molar-refractivity contribution < 1.29 is 18.1 Å². The topological polar surface area (TPSA) is 130 Å². The van der Waals surface area contributed by atoms with Crippen molar-refractivity contribution in [1.29, 1.82) is 0 Å². The molecule has 0 atom stereocenters. The maximum absolute atomic E-state index is 12.9. The third-order valence-corrected chi connectivity index (χ3v) is 10.2. The first kappa shape index (κ1) is 32.9. The van der Waals surface area contributed by atoms with E-state index in [9.17, 15) is 9.59 Å². The fourth-order valence-electron chi connectivity index (χ4n) is 6.67. The van der Waals surface area contributed by atoms with Gasteiger partial charge >= 0.3 is 18.4 Å². The van der Waals surface area contributed by atoms with Gasteiger partial charge in [-0.3, -0.25) is 9.97 Å². The smallest absolute Gasteiger partial charge is 0.403 e. The van der Waals surface area contributed by atoms with Crippen LogP contribution in [0.5, 0.6) is 0 Å². The molecule has 0 saturated carbocycles. The normalized spacial score (nSPS) is 15.5. The third-order valence-electron chi connectivity index (χ3n) is 10.2. The van der Waals surface area contributed by atoms with Gasteiger partial charge in [0.05, 0.1) is 43.8 Å². The van der Waals surface area contributed by atoms with Crippen LogP contribution in [0, 0.1) is 13.8 Å². The summed E-state index contributed by atoms with van der Waals surface area (Å²) in [5.41, 5.74) is 6.44. The van der Waals surface area contributed by atoms with Crippen LogP contribution in [0.3, 0.4) is 0 Å². The van der Waals surface area contributed by atoms with E-state index in [0.717, 1.165) is 39.1 Å². The first-order chi connectivity index (χ1) is 24.3. The van der Waals surface area contributed by atoms with Gasteiger partial charge in [0.1, 0.15) is 0 Å². The number of aryl methyl sites for hydroxylation is 6. The maximum atomic E-state index is 12.9. The summed E-state index contributed by atoms with van der Waals surface area (Å²) in [5, 5.41) is 2.30. The highest BCUT2D eigenvalue weighted by Crippen LogP contribution is 2.36. The number of rotatable bonds is 7. The second-order valence-electron chi connectivity index (χ2n) is 14.5. The van der Waals surface area contributed by atoms with E-state index in [-0.39, 0.29) is 0 Å². The molecule has 0 aliphatic carbocycles. The Morgan fingerprint density at radius 1 is 0.569 bits per heavy atom. The molecule has 7 aromatic rings. The molecule has 0 amide bonds. The zero-order valence-corrected chi connectivity index (χ0v) is 29.5. The largest absolute Gasteiger partial charge is 0.494 e. The van der Waals surface area contributed by atoms with E-state index in [1.807, 2.05) is 90.3 Å². The zero-order valence-electron chi connectivity index (χ0n) is 29.5. The SMILES string of the molecule is Cc1ccc2c(n1)oc(=O)c1cc(CCc3cc(CCc4cnc5c(c4)c(=O)oc4nc(C)ccc45)cc(B4OC(C)(C)C(C)(C)O4)c3)cnc12. The van der Waals surface area contributed by atoms with Crippen LogP contribution in [0.1, 0.15) is 61.3 Å². The van der Waals surface area contributed by atoms with Crippen LogP contribution in [-0.2, 0) is 35.0 Å². The lowest BCUT2D eigenvalue weighted by Crippen LogP contribution is -2.41. The van der Waals surface area contributed by atoms with Gasteiger partial charge in [0.25, 0.3) is 0 Å². The Labute approximate surface area is 294 Å². The van der Waals surface area contributed by atoms with Crippen molar-refractivity contribution in [2.24, 2.45) is 0 Å². The molecule has 0 spiro atoms. The Hall–Kier alpha value is -5.26. The molecule has 7 heterocycles. The van der Waals surface area contributed by atoms with E-state index < -0.39 is 29.6 Å². The van der Waals surface area contributed by atoms with Crippen LogP contribution in [-0.4, -0.2) is 38.3 Å². The summed E-state index contributed by atoms with van der Waals surface area (Å²) in [6.45, 7) is 11.9. The molecule has 1 aromatic carbocycles. The summed E-state index contributed by atoms with van der Waals surface area (Å²) < 4.78 is 24.0. The van der Waals surface area contributed by atoms with Gasteiger partial charge in [0, 0.05) is 23.8 Å². The number of hydrogen-bond donors (Lipinski definition) is 0. The van der Waals surface area contributed by atoms with Crippen molar-refractivity contribution in [2.45, 2.75) is 78.4 Å². The number of aromatic nitrogens is 4. The summed E-state index contributed by atoms with van der Waals surface area (Å²) in [6.07, 6.45) is 6.36. The van der Waals surface area contributed by atoms with Gasteiger partial charge in [0.15, 0.2) is 0 Å². The monoisotopic (exact) mass is 680 g/mol. The van der Waals surface area contributed by atoms with Crippen molar-refractivity contribution in [2.75, 3.05) is 0 Å². The summed E-state index contributed by atoms with van der Waals surface area (Å²) >= 11 is 0. The predicted molar refractivity (Wildman–Crippen MR) is 198 cm³/mol. The number of nitrogens with zero attached hydrogens (tertiary/aromatic N) is 4. The van der Waals surface area contributed by atoms with E-state index in [4.69, 9.17) is 18.1 Å². The lowest BCUT2D eigenvalue weighted by atomic mass is 9.76. The zero-order chi connectivity index (χ0) is 35.7. The summed E-state index contributed by atoms with van der Waals surface area (Å²) in [6, 6.07) is 17.8. The molecule has 8 rings (SSSR count). The predicted octanol–water partition coefficient (Wildman–Crippen LogP) is 6.27. The Morgan fingerprint density at radius 2 is 1.00 bits per heavy atom. The molecule has 1 fully saturated rings. The Kier molecular flexibility index (Phi) is 7.88. The Bertz CT molecular complexity index is 2470. The average Bonchev–Trinajstić information content (AvgIpc) is 3.32. The molecule has 256 valence electrons. The lowest BCUT2D eigenvalue weighted by Gasteiger charge is -2.32. The number of pyridine rings is 4. The van der Waals surface area contributed by atoms with Crippen molar-refractivity contribution in [3.63, 3.8) is 0 Å². The standard InChI is InChI=1S/C40H37BN4O6/c1-22-7-13-29-33-31(37(46)48-35(29)44-22)18-26(20-42-33)11-9-24-15-25(17-28(16-24)41-50-39(3,4)40(5,6)51-41)10-12-27-19-32-34(43-21-27)30-14-8-23(2)45-36(30)49-38(32)47/h7-8,13-21H,9-12H2,1-6H3. The fraction of sp³-hybridized carbons (Fsp3) is 0.300. The van der Waals surface area contributed by atoms with Gasteiger partial charge in [-0.2, -0.15) is 0 Å². The van der Waals surface area contributed by atoms with Gasteiger partial charge in [-0.15, -0.1) is 0 Å². The summed E-state index contributed by atoms with van der Waals surface area (Å²) in [4.78, 5) is 43.9. The molecule has 6 aromatic heterocycles. The van der Waals surface area contributed by atoms with Crippen molar-refractivity contribution in [3.05, 3.63) is 121 Å². The highest BCUT2D eigenvalue weighted by Gasteiger charge is 2.51. The fourth-order valence-corrected chi connectivity index (χ4v) is 6.67. The minimum absolute atomic E-state index is 0.295. The Morgan fingerprint density at radius 3 is 1.45 bits per heavy atom. The van der Waals surface area contributed by atoms with Gasteiger partial charge < -0.3 is 18.1 Å². The van der Waals surface area contributed by atoms with E-state index in [1.54, 1.807) is 0 Å². The quantitative estimate of drug-likeness (QED) is 0.140. The molecule has 0 radical (unpaired) electrons. The number of fused-ring (bicyclic) bond motifs is 6. The molecule has 0 unspecified atom stereocenters. The molecule has 1 aliphatic rings. The average molecular weight is 681 g/mol. The van der Waals surface area contributed by atoms with E-state index in [0.29, 0.717) is 69.7 Å². The molecule has 51 heavy (non-hydrogen) atoms. The molecule has 0 bridgehead atoms. The maximum Gasteiger partial charge on any atom is 0.494 e. The second-order valence-corrected chi connectivity index (χ2v) is 14.5. The molecule has 0 N–H and O–H groups in total. The summed E-state index contributed by atoms with van der Waals surface area (Å²) in [5.74, 6) is 0. The molecular formula is C40H37BN4O6. The number of benzene rings is 1. The van der Waals surface area contributed by atoms with Crippen LogP contribution in [0.4, 0.5) is 0 Å². The van der Waals surface area contributed by atoms with Crippen LogP contribution >= 0.6 is 0 Å². The molecular weight excluding hydrogens is 643 g/mol. The van der Waals surface area contributed by atoms with Crippen molar-refractivity contribution in [3.8, 4) is 0 Å². The lowest BCUT2D eigenvalue weighted by molar-refractivity contribution is 0.00578. The molecule has 1 saturated heterocycles. The van der Waals surface area contributed by atoms with Gasteiger partial charge in [-0.05, 0) is 131 Å². The first-order valence-corrected chi connectivity index (χ1v) is 17.2. The van der Waals surface area contributed by atoms with Crippen LogP contribution < -0.4 is 16.7 Å². The van der Waals surface area contributed by atoms with Crippen LogP contribution in [0.2, 0.25) is 0 Å². The minimum atomic E-state index is -0.524. The Balaban J connectivity index is 1.09. The van der Waals surface area contributed by atoms with E-state index >= 15 is 0 Å². The molecule has 1 aliphatic heterocycles. The highest BCUT2D eigenvalue weighted by atomic mass is 16.7. The molecule has 11 heteroatoms.